The Hall–Kier alpha value is -1.21. The molecular weight excluding hydrogens is 519 g/mol. The molecule has 1 atom stereocenters. The summed E-state index contributed by atoms with van der Waals surface area (Å²) in [5.41, 5.74) is 1.38. The average molecular weight is 546 g/mol. The van der Waals surface area contributed by atoms with Gasteiger partial charge in [0.2, 0.25) is 11.8 Å². The van der Waals surface area contributed by atoms with Gasteiger partial charge in [0.15, 0.2) is 0 Å². The Morgan fingerprint density at radius 1 is 1.10 bits per heavy atom. The lowest BCUT2D eigenvalue weighted by Crippen LogP contribution is -2.52. The lowest BCUT2D eigenvalue weighted by Gasteiger charge is -2.31. The smallest absolute Gasteiger partial charge is 0.242 e. The molecule has 0 fully saturated rings. The first kappa shape index (κ1) is 26.0. The molecule has 0 saturated heterocycles. The molecule has 168 valence electrons. The number of nitrogens with zero attached hydrogens (tertiary/aromatic N) is 1. The fourth-order valence-electron chi connectivity index (χ4n) is 2.84. The predicted octanol–water partition coefficient (Wildman–Crippen LogP) is 6.32. The van der Waals surface area contributed by atoms with Crippen molar-refractivity contribution in [2.24, 2.45) is 0 Å². The Morgan fingerprint density at radius 2 is 1.68 bits per heavy atom. The van der Waals surface area contributed by atoms with Gasteiger partial charge in [0, 0.05) is 32.4 Å². The van der Waals surface area contributed by atoms with E-state index < -0.39 is 6.04 Å². The largest absolute Gasteiger partial charge is 0.350 e. The standard InChI is InChI=1S/C23H27BrCl2N2O2S/c1-15(22(30)27-23(2,3)4)28(12-16-8-10-17(24)11-9-16)21(29)14-31-13-18-19(25)6-5-7-20(18)26/h5-11,15H,12-14H2,1-4H3,(H,27,30). The van der Waals surface area contributed by atoms with Crippen LogP contribution in [0.5, 0.6) is 0 Å². The van der Waals surface area contributed by atoms with Crippen molar-refractivity contribution >= 4 is 62.7 Å². The number of amides is 2. The summed E-state index contributed by atoms with van der Waals surface area (Å²) in [5.74, 6) is 0.425. The Balaban J connectivity index is 2.13. The third kappa shape index (κ3) is 8.33. The first-order chi connectivity index (χ1) is 14.5. The van der Waals surface area contributed by atoms with Crippen LogP contribution in [0, 0.1) is 0 Å². The first-order valence-electron chi connectivity index (χ1n) is 9.84. The Kier molecular flexibility index (Phi) is 9.74. The van der Waals surface area contributed by atoms with Gasteiger partial charge in [-0.25, -0.2) is 0 Å². The molecule has 0 aliphatic carbocycles. The van der Waals surface area contributed by atoms with Crippen LogP contribution in [-0.2, 0) is 21.9 Å². The zero-order valence-electron chi connectivity index (χ0n) is 18.0. The van der Waals surface area contributed by atoms with Gasteiger partial charge in [0.25, 0.3) is 0 Å². The molecule has 0 bridgehead atoms. The van der Waals surface area contributed by atoms with Crippen LogP contribution in [0.2, 0.25) is 10.0 Å². The van der Waals surface area contributed by atoms with E-state index in [4.69, 9.17) is 23.2 Å². The van der Waals surface area contributed by atoms with Crippen molar-refractivity contribution < 1.29 is 9.59 Å². The van der Waals surface area contributed by atoms with Crippen molar-refractivity contribution in [3.63, 3.8) is 0 Å². The van der Waals surface area contributed by atoms with Gasteiger partial charge >= 0.3 is 0 Å². The minimum absolute atomic E-state index is 0.118. The highest BCUT2D eigenvalue weighted by atomic mass is 79.9. The minimum Gasteiger partial charge on any atom is -0.350 e. The molecule has 2 amide bonds. The molecule has 0 radical (unpaired) electrons. The predicted molar refractivity (Wildman–Crippen MR) is 135 cm³/mol. The molecule has 0 aromatic heterocycles. The molecule has 4 nitrogen and oxygen atoms in total. The third-order valence-electron chi connectivity index (χ3n) is 4.47. The molecule has 0 heterocycles. The number of hydrogen-bond acceptors (Lipinski definition) is 3. The number of halogens is 3. The van der Waals surface area contributed by atoms with E-state index >= 15 is 0 Å². The highest BCUT2D eigenvalue weighted by molar-refractivity contribution is 9.10. The average Bonchev–Trinajstić information content (AvgIpc) is 2.67. The van der Waals surface area contributed by atoms with Crippen LogP contribution in [-0.4, -0.2) is 34.0 Å². The van der Waals surface area contributed by atoms with E-state index in [0.717, 1.165) is 15.6 Å². The van der Waals surface area contributed by atoms with Crippen LogP contribution in [0.1, 0.15) is 38.8 Å². The molecule has 31 heavy (non-hydrogen) atoms. The van der Waals surface area contributed by atoms with E-state index in [9.17, 15) is 9.59 Å². The lowest BCUT2D eigenvalue weighted by molar-refractivity contribution is -0.139. The van der Waals surface area contributed by atoms with Crippen LogP contribution < -0.4 is 5.32 Å². The van der Waals surface area contributed by atoms with Crippen LogP contribution in [0.4, 0.5) is 0 Å². The second-order valence-electron chi connectivity index (χ2n) is 8.26. The lowest BCUT2D eigenvalue weighted by atomic mass is 10.1. The van der Waals surface area contributed by atoms with Crippen LogP contribution in [0.15, 0.2) is 46.9 Å². The van der Waals surface area contributed by atoms with Gasteiger partial charge in [-0.3, -0.25) is 9.59 Å². The summed E-state index contributed by atoms with van der Waals surface area (Å²) in [5, 5.41) is 4.13. The molecular formula is C23H27BrCl2N2O2S. The van der Waals surface area contributed by atoms with E-state index in [2.05, 4.69) is 21.2 Å². The molecule has 8 heteroatoms. The number of carbonyl (C=O) groups is 2. The Labute approximate surface area is 207 Å². The van der Waals surface area contributed by atoms with Crippen molar-refractivity contribution in [1.29, 1.82) is 0 Å². The Bertz CT molecular complexity index is 897. The first-order valence-corrected chi connectivity index (χ1v) is 12.5. The number of hydrogen-bond donors (Lipinski definition) is 1. The topological polar surface area (TPSA) is 49.4 Å². The van der Waals surface area contributed by atoms with Gasteiger partial charge < -0.3 is 10.2 Å². The van der Waals surface area contributed by atoms with E-state index in [-0.39, 0.29) is 23.1 Å². The number of nitrogens with one attached hydrogen (secondary N) is 1. The summed E-state index contributed by atoms with van der Waals surface area (Å²) in [6, 6.07) is 12.5. The summed E-state index contributed by atoms with van der Waals surface area (Å²) in [7, 11) is 0. The highest BCUT2D eigenvalue weighted by Gasteiger charge is 2.28. The van der Waals surface area contributed by atoms with Crippen LogP contribution in [0.25, 0.3) is 0 Å². The van der Waals surface area contributed by atoms with Gasteiger partial charge in [-0.1, -0.05) is 57.3 Å². The fourth-order valence-corrected chi connectivity index (χ4v) is 4.75. The maximum Gasteiger partial charge on any atom is 0.242 e. The zero-order valence-corrected chi connectivity index (χ0v) is 22.0. The van der Waals surface area contributed by atoms with E-state index in [0.29, 0.717) is 22.3 Å². The summed E-state index contributed by atoms with van der Waals surface area (Å²) in [4.78, 5) is 27.5. The summed E-state index contributed by atoms with van der Waals surface area (Å²) in [6.07, 6.45) is 0. The van der Waals surface area contributed by atoms with Gasteiger partial charge in [0.05, 0.1) is 5.75 Å². The summed E-state index contributed by atoms with van der Waals surface area (Å²) < 4.78 is 0.958. The molecule has 0 spiro atoms. The molecule has 2 aromatic rings. The molecule has 2 rings (SSSR count). The van der Waals surface area contributed by atoms with Crippen LogP contribution >= 0.6 is 50.9 Å². The SMILES string of the molecule is CC(C(=O)NC(C)(C)C)N(Cc1ccc(Br)cc1)C(=O)CSCc1c(Cl)cccc1Cl. The molecule has 1 N–H and O–H groups in total. The Morgan fingerprint density at radius 3 is 2.23 bits per heavy atom. The minimum atomic E-state index is -0.611. The molecule has 0 aliphatic rings. The third-order valence-corrected chi connectivity index (χ3v) is 6.65. The number of benzene rings is 2. The summed E-state index contributed by atoms with van der Waals surface area (Å²) >= 11 is 17.3. The van der Waals surface area contributed by atoms with E-state index in [1.807, 2.05) is 45.0 Å². The van der Waals surface area contributed by atoms with Crippen molar-refractivity contribution in [3.05, 3.63) is 68.1 Å². The monoisotopic (exact) mass is 544 g/mol. The van der Waals surface area contributed by atoms with Crippen molar-refractivity contribution in [2.75, 3.05) is 5.75 Å². The molecule has 0 aliphatic heterocycles. The number of rotatable bonds is 8. The molecule has 2 aromatic carbocycles. The zero-order chi connectivity index (χ0) is 23.2. The van der Waals surface area contributed by atoms with Crippen molar-refractivity contribution in [1.82, 2.24) is 10.2 Å². The second kappa shape index (κ2) is 11.6. The van der Waals surface area contributed by atoms with Gasteiger partial charge in [0.1, 0.15) is 6.04 Å². The second-order valence-corrected chi connectivity index (χ2v) is 11.0. The van der Waals surface area contributed by atoms with Crippen molar-refractivity contribution in [3.8, 4) is 0 Å². The quantitative estimate of drug-likeness (QED) is 0.422. The van der Waals surface area contributed by atoms with E-state index in [1.165, 1.54) is 11.8 Å². The highest BCUT2D eigenvalue weighted by Crippen LogP contribution is 2.28. The fraction of sp³-hybridized carbons (Fsp3) is 0.391. The number of carbonyl (C=O) groups excluding carboxylic acids is 2. The maximum absolute atomic E-state index is 13.1. The maximum atomic E-state index is 13.1. The van der Waals surface area contributed by atoms with E-state index in [1.54, 1.807) is 30.0 Å². The van der Waals surface area contributed by atoms with Gasteiger partial charge in [-0.15, -0.1) is 11.8 Å². The normalized spacial score (nSPS) is 12.4. The van der Waals surface area contributed by atoms with Crippen LogP contribution in [0.3, 0.4) is 0 Å². The van der Waals surface area contributed by atoms with Gasteiger partial charge in [-0.05, 0) is 63.1 Å². The molecule has 1 unspecified atom stereocenters. The van der Waals surface area contributed by atoms with Crippen molar-refractivity contribution in [2.45, 2.75) is 51.6 Å². The van der Waals surface area contributed by atoms with Gasteiger partial charge in [-0.2, -0.15) is 0 Å². The molecule has 0 saturated carbocycles. The number of thioether (sulfide) groups is 1. The summed E-state index contributed by atoms with van der Waals surface area (Å²) in [6.45, 7) is 7.86.